The zero-order valence-corrected chi connectivity index (χ0v) is 23.2. The summed E-state index contributed by atoms with van der Waals surface area (Å²) in [6.45, 7) is 2.90. The SMILES string of the molecule is C[C@@H]1OC(c2ccc(OCCCO)cc2)=N[C@]1(Cc1ccccc1N=[N+]=[N-])C(=O)NNCCCCc1ccccc1. The lowest BCUT2D eigenvalue weighted by molar-refractivity contribution is -0.129. The predicted molar refractivity (Wildman–Crippen MR) is 158 cm³/mol. The number of nitrogens with one attached hydrogen (secondary N) is 2. The van der Waals surface area contributed by atoms with Crippen LogP contribution in [-0.4, -0.2) is 48.3 Å². The van der Waals surface area contributed by atoms with Crippen LogP contribution in [0.15, 0.2) is 89.0 Å². The molecule has 41 heavy (non-hydrogen) atoms. The molecule has 0 saturated heterocycles. The summed E-state index contributed by atoms with van der Waals surface area (Å²) in [6.07, 6.45) is 2.97. The number of aliphatic imine (C=N–C) groups is 1. The molecular formula is C31H36N6O4. The van der Waals surface area contributed by atoms with Crippen molar-refractivity contribution in [2.24, 2.45) is 10.1 Å². The average Bonchev–Trinajstić information content (AvgIpc) is 3.33. The number of hydrogen-bond acceptors (Lipinski definition) is 7. The molecule has 3 aromatic carbocycles. The third-order valence-electron chi connectivity index (χ3n) is 6.99. The Hall–Kier alpha value is -4.37. The molecule has 0 aromatic heterocycles. The topological polar surface area (TPSA) is 141 Å². The molecule has 0 saturated carbocycles. The largest absolute Gasteiger partial charge is 0.494 e. The molecule has 0 radical (unpaired) electrons. The Morgan fingerprint density at radius 1 is 1.07 bits per heavy atom. The summed E-state index contributed by atoms with van der Waals surface area (Å²) in [7, 11) is 0. The molecule has 1 aliphatic rings. The Kier molecular flexibility index (Phi) is 10.7. The van der Waals surface area contributed by atoms with Gasteiger partial charge in [-0.15, -0.1) is 0 Å². The molecule has 0 fully saturated rings. The first kappa shape index (κ1) is 29.6. The number of carbonyl (C=O) groups is 1. The summed E-state index contributed by atoms with van der Waals surface area (Å²) in [4.78, 5) is 21.6. The number of rotatable bonds is 15. The van der Waals surface area contributed by atoms with E-state index in [0.29, 0.717) is 48.0 Å². The van der Waals surface area contributed by atoms with E-state index in [9.17, 15) is 4.79 Å². The zero-order chi connectivity index (χ0) is 28.9. The second kappa shape index (κ2) is 14.9. The number of amides is 1. The van der Waals surface area contributed by atoms with Gasteiger partial charge in [0.25, 0.3) is 5.91 Å². The molecule has 0 aliphatic carbocycles. The lowest BCUT2D eigenvalue weighted by Crippen LogP contribution is -2.56. The minimum Gasteiger partial charge on any atom is -0.494 e. The highest BCUT2D eigenvalue weighted by Crippen LogP contribution is 2.35. The van der Waals surface area contributed by atoms with Crippen LogP contribution >= 0.6 is 0 Å². The third-order valence-corrected chi connectivity index (χ3v) is 6.99. The van der Waals surface area contributed by atoms with Gasteiger partial charge in [0.2, 0.25) is 5.90 Å². The lowest BCUT2D eigenvalue weighted by Gasteiger charge is -2.28. The van der Waals surface area contributed by atoms with Crippen molar-refractivity contribution in [1.82, 2.24) is 10.9 Å². The number of hydrazine groups is 1. The van der Waals surface area contributed by atoms with Gasteiger partial charge in [0, 0.05) is 42.2 Å². The summed E-state index contributed by atoms with van der Waals surface area (Å²) in [5.74, 6) is 0.680. The maximum Gasteiger partial charge on any atom is 0.266 e. The monoisotopic (exact) mass is 556 g/mol. The molecule has 0 unspecified atom stereocenters. The van der Waals surface area contributed by atoms with Gasteiger partial charge in [0.15, 0.2) is 5.54 Å². The number of carbonyl (C=O) groups excluding carboxylic acids is 1. The van der Waals surface area contributed by atoms with Crippen LogP contribution in [0, 0.1) is 0 Å². The van der Waals surface area contributed by atoms with Crippen molar-refractivity contribution in [3.05, 3.63) is 106 Å². The van der Waals surface area contributed by atoms with Crippen molar-refractivity contribution in [3.63, 3.8) is 0 Å². The maximum atomic E-state index is 13.8. The highest BCUT2D eigenvalue weighted by molar-refractivity contribution is 6.00. The van der Waals surface area contributed by atoms with Gasteiger partial charge in [0.1, 0.15) is 11.9 Å². The number of ether oxygens (including phenoxy) is 2. The Balaban J connectivity index is 1.49. The highest BCUT2D eigenvalue weighted by Gasteiger charge is 2.50. The molecule has 3 aromatic rings. The first-order valence-electron chi connectivity index (χ1n) is 13.9. The van der Waals surface area contributed by atoms with Gasteiger partial charge >= 0.3 is 0 Å². The van der Waals surface area contributed by atoms with Crippen molar-refractivity contribution in [2.75, 3.05) is 19.8 Å². The summed E-state index contributed by atoms with van der Waals surface area (Å²) in [6, 6.07) is 24.7. The van der Waals surface area contributed by atoms with Gasteiger partial charge < -0.3 is 14.6 Å². The smallest absolute Gasteiger partial charge is 0.266 e. The minimum absolute atomic E-state index is 0.0656. The Morgan fingerprint density at radius 3 is 2.59 bits per heavy atom. The number of benzene rings is 3. The molecule has 1 aliphatic heterocycles. The van der Waals surface area contributed by atoms with Crippen molar-refractivity contribution in [2.45, 2.75) is 50.7 Å². The summed E-state index contributed by atoms with van der Waals surface area (Å²) in [5, 5.41) is 12.8. The number of hydrogen-bond donors (Lipinski definition) is 3. The van der Waals surface area contributed by atoms with Crippen LogP contribution in [0.4, 0.5) is 5.69 Å². The molecular weight excluding hydrogens is 520 g/mol. The lowest BCUT2D eigenvalue weighted by atomic mass is 9.85. The molecule has 3 N–H and O–H groups in total. The first-order valence-corrected chi connectivity index (χ1v) is 13.9. The minimum atomic E-state index is -1.30. The molecule has 4 rings (SSSR count). The van der Waals surface area contributed by atoms with Crippen LogP contribution < -0.4 is 15.6 Å². The predicted octanol–water partition coefficient (Wildman–Crippen LogP) is 5.18. The van der Waals surface area contributed by atoms with Gasteiger partial charge in [-0.1, -0.05) is 59.7 Å². The standard InChI is InChI=1S/C31H36N6O4/c1-23-31(22-26-13-5-6-14-28(26)35-37-32,30(39)36-33-19-8-7-12-24-10-3-2-4-11-24)34-29(41-23)25-15-17-27(18-16-25)40-21-9-20-38/h2-6,10-11,13-18,23,33,38H,7-9,12,19-22H2,1H3,(H,36,39)/t23-,31-/m0/s1. The number of aliphatic hydroxyl groups is 1. The molecule has 1 heterocycles. The van der Waals surface area contributed by atoms with Crippen LogP contribution in [0.5, 0.6) is 5.75 Å². The highest BCUT2D eigenvalue weighted by atomic mass is 16.5. The molecule has 214 valence electrons. The van der Waals surface area contributed by atoms with Crippen LogP contribution in [0.1, 0.15) is 42.9 Å². The van der Waals surface area contributed by atoms with E-state index in [-0.39, 0.29) is 18.9 Å². The summed E-state index contributed by atoms with van der Waals surface area (Å²) in [5.41, 5.74) is 16.8. The fraction of sp³-hybridized carbons (Fsp3) is 0.355. The van der Waals surface area contributed by atoms with Crippen molar-refractivity contribution in [3.8, 4) is 5.75 Å². The van der Waals surface area contributed by atoms with Crippen molar-refractivity contribution < 1.29 is 19.4 Å². The molecule has 2 atom stereocenters. The Bertz CT molecular complexity index is 1360. The Labute approximate surface area is 240 Å². The number of aryl methyl sites for hydroxylation is 1. The molecule has 10 heteroatoms. The number of azide groups is 1. The molecule has 10 nitrogen and oxygen atoms in total. The van der Waals surface area contributed by atoms with Crippen LogP contribution in [0.25, 0.3) is 10.4 Å². The van der Waals surface area contributed by atoms with E-state index >= 15 is 0 Å². The van der Waals surface area contributed by atoms with Gasteiger partial charge in [0.05, 0.1) is 6.61 Å². The maximum absolute atomic E-state index is 13.8. The third kappa shape index (κ3) is 7.85. The second-order valence-corrected chi connectivity index (χ2v) is 9.87. The number of aliphatic hydroxyl groups excluding tert-OH is 1. The van der Waals surface area contributed by atoms with E-state index in [2.05, 4.69) is 33.0 Å². The fourth-order valence-electron chi connectivity index (χ4n) is 4.68. The quantitative estimate of drug-likeness (QED) is 0.0778. The molecule has 0 spiro atoms. The van der Waals surface area contributed by atoms with E-state index in [1.54, 1.807) is 24.3 Å². The van der Waals surface area contributed by atoms with Crippen LogP contribution in [0.2, 0.25) is 0 Å². The van der Waals surface area contributed by atoms with Crippen molar-refractivity contribution >= 4 is 17.5 Å². The fourth-order valence-corrected chi connectivity index (χ4v) is 4.68. The van der Waals surface area contributed by atoms with Crippen LogP contribution in [0.3, 0.4) is 0 Å². The molecule has 1 amide bonds. The van der Waals surface area contributed by atoms with E-state index < -0.39 is 11.6 Å². The van der Waals surface area contributed by atoms with Gasteiger partial charge in [-0.05, 0) is 67.1 Å². The second-order valence-electron chi connectivity index (χ2n) is 9.87. The molecule has 0 bridgehead atoms. The van der Waals surface area contributed by atoms with Crippen LogP contribution in [-0.2, 0) is 22.4 Å². The van der Waals surface area contributed by atoms with E-state index in [1.165, 1.54) is 5.56 Å². The average molecular weight is 557 g/mol. The normalized spacial score (nSPS) is 17.7. The van der Waals surface area contributed by atoms with E-state index in [1.807, 2.05) is 49.4 Å². The van der Waals surface area contributed by atoms with Crippen molar-refractivity contribution in [1.29, 1.82) is 0 Å². The number of nitrogens with zero attached hydrogens (tertiary/aromatic N) is 4. The van der Waals surface area contributed by atoms with E-state index in [4.69, 9.17) is 25.1 Å². The van der Waals surface area contributed by atoms with E-state index in [0.717, 1.165) is 19.3 Å². The van der Waals surface area contributed by atoms with Gasteiger partial charge in [-0.2, -0.15) is 0 Å². The first-order chi connectivity index (χ1) is 20.1. The summed E-state index contributed by atoms with van der Waals surface area (Å²) < 4.78 is 11.8. The Morgan fingerprint density at radius 2 is 1.83 bits per heavy atom. The van der Waals surface area contributed by atoms with Gasteiger partial charge in [-0.3, -0.25) is 10.2 Å². The zero-order valence-electron chi connectivity index (χ0n) is 23.2. The number of unbranched alkanes of at least 4 members (excludes halogenated alkanes) is 1. The van der Waals surface area contributed by atoms with Gasteiger partial charge in [-0.25, -0.2) is 10.4 Å². The summed E-state index contributed by atoms with van der Waals surface area (Å²) >= 11 is 0.